The van der Waals surface area contributed by atoms with Crippen LogP contribution in [0, 0.1) is 6.92 Å². The van der Waals surface area contributed by atoms with Crippen LogP contribution in [0.1, 0.15) is 28.3 Å². The molecule has 0 aromatic heterocycles. The lowest BCUT2D eigenvalue weighted by Gasteiger charge is -2.28. The van der Waals surface area contributed by atoms with Crippen LogP contribution in [0.3, 0.4) is 0 Å². The molecule has 1 heterocycles. The van der Waals surface area contributed by atoms with Gasteiger partial charge in [-0.15, -0.1) is 0 Å². The standard InChI is InChI=1S/C18H20N2O2/c1-12-3-2-4-15-16(12)10-19-11-17(15)20-18(22)9-13-5-7-14(21)8-6-13/h2-8,17,19,21H,9-11H2,1H3,(H,20,22). The first-order valence-corrected chi connectivity index (χ1v) is 7.50. The lowest BCUT2D eigenvalue weighted by molar-refractivity contribution is -0.121. The van der Waals surface area contributed by atoms with Crippen molar-refractivity contribution < 1.29 is 9.90 Å². The Morgan fingerprint density at radius 3 is 2.82 bits per heavy atom. The molecule has 4 heteroatoms. The maximum atomic E-state index is 12.3. The number of aryl methyl sites for hydroxylation is 1. The maximum absolute atomic E-state index is 12.3. The molecule has 3 rings (SSSR count). The molecule has 1 unspecified atom stereocenters. The van der Waals surface area contributed by atoms with Crippen LogP contribution in [0.2, 0.25) is 0 Å². The van der Waals surface area contributed by atoms with Gasteiger partial charge in [0, 0.05) is 13.1 Å². The third-order valence-electron chi connectivity index (χ3n) is 4.11. The number of benzene rings is 2. The van der Waals surface area contributed by atoms with E-state index in [1.807, 2.05) is 6.07 Å². The zero-order valence-corrected chi connectivity index (χ0v) is 12.6. The average Bonchev–Trinajstić information content (AvgIpc) is 2.51. The largest absolute Gasteiger partial charge is 0.508 e. The Balaban J connectivity index is 1.70. The lowest BCUT2D eigenvalue weighted by Crippen LogP contribution is -2.40. The predicted octanol–water partition coefficient (Wildman–Crippen LogP) is 2.20. The molecule has 2 aromatic carbocycles. The summed E-state index contributed by atoms with van der Waals surface area (Å²) in [6.45, 7) is 3.70. The van der Waals surface area contributed by atoms with E-state index in [1.165, 1.54) is 16.7 Å². The third kappa shape index (κ3) is 3.12. The molecule has 0 spiro atoms. The topological polar surface area (TPSA) is 61.4 Å². The second-order valence-electron chi connectivity index (χ2n) is 5.74. The molecule has 1 atom stereocenters. The molecule has 0 saturated heterocycles. The fourth-order valence-corrected chi connectivity index (χ4v) is 2.92. The number of phenolic OH excluding ortho intramolecular Hbond substituents is 1. The van der Waals surface area contributed by atoms with Crippen molar-refractivity contribution in [2.24, 2.45) is 0 Å². The summed E-state index contributed by atoms with van der Waals surface area (Å²) >= 11 is 0. The van der Waals surface area contributed by atoms with Crippen molar-refractivity contribution >= 4 is 5.91 Å². The molecule has 0 radical (unpaired) electrons. The van der Waals surface area contributed by atoms with Crippen LogP contribution in [0.4, 0.5) is 0 Å². The second kappa shape index (κ2) is 6.20. The van der Waals surface area contributed by atoms with E-state index in [2.05, 4.69) is 29.7 Å². The summed E-state index contributed by atoms with van der Waals surface area (Å²) in [6, 6.07) is 13.0. The van der Waals surface area contributed by atoms with Crippen molar-refractivity contribution in [3.05, 3.63) is 64.7 Å². The molecule has 22 heavy (non-hydrogen) atoms. The summed E-state index contributed by atoms with van der Waals surface area (Å²) in [4.78, 5) is 12.3. The Morgan fingerprint density at radius 2 is 2.05 bits per heavy atom. The van der Waals surface area contributed by atoms with Crippen LogP contribution in [0.15, 0.2) is 42.5 Å². The van der Waals surface area contributed by atoms with E-state index in [0.717, 1.165) is 18.7 Å². The Hall–Kier alpha value is -2.33. The summed E-state index contributed by atoms with van der Waals surface area (Å²) in [6.07, 6.45) is 0.317. The van der Waals surface area contributed by atoms with Gasteiger partial charge in [0.05, 0.1) is 12.5 Å². The molecule has 1 amide bonds. The summed E-state index contributed by atoms with van der Waals surface area (Å²) < 4.78 is 0. The van der Waals surface area contributed by atoms with Crippen LogP contribution in [-0.2, 0) is 17.8 Å². The molecule has 4 nitrogen and oxygen atoms in total. The van der Waals surface area contributed by atoms with Gasteiger partial charge in [0.1, 0.15) is 5.75 Å². The van der Waals surface area contributed by atoms with Gasteiger partial charge in [-0.1, -0.05) is 30.3 Å². The van der Waals surface area contributed by atoms with Crippen LogP contribution in [0.25, 0.3) is 0 Å². The maximum Gasteiger partial charge on any atom is 0.224 e. The number of carbonyl (C=O) groups excluding carboxylic acids is 1. The highest BCUT2D eigenvalue weighted by molar-refractivity contribution is 5.79. The highest BCUT2D eigenvalue weighted by Gasteiger charge is 2.22. The van der Waals surface area contributed by atoms with Gasteiger partial charge in [0.25, 0.3) is 0 Å². The predicted molar refractivity (Wildman–Crippen MR) is 85.6 cm³/mol. The molecule has 0 aliphatic carbocycles. The fourth-order valence-electron chi connectivity index (χ4n) is 2.92. The monoisotopic (exact) mass is 296 g/mol. The number of nitrogens with one attached hydrogen (secondary N) is 2. The Bertz CT molecular complexity index is 680. The summed E-state index contributed by atoms with van der Waals surface area (Å²) in [7, 11) is 0. The number of hydrogen-bond donors (Lipinski definition) is 3. The van der Waals surface area contributed by atoms with Gasteiger partial charge >= 0.3 is 0 Å². The quantitative estimate of drug-likeness (QED) is 0.814. The van der Waals surface area contributed by atoms with Gasteiger partial charge in [-0.25, -0.2) is 0 Å². The third-order valence-corrected chi connectivity index (χ3v) is 4.11. The number of phenols is 1. The van der Waals surface area contributed by atoms with E-state index in [-0.39, 0.29) is 17.7 Å². The van der Waals surface area contributed by atoms with E-state index in [9.17, 15) is 9.90 Å². The van der Waals surface area contributed by atoms with Gasteiger partial charge in [-0.3, -0.25) is 4.79 Å². The molecular weight excluding hydrogens is 276 g/mol. The SMILES string of the molecule is Cc1cccc2c1CNCC2NC(=O)Cc1ccc(O)cc1. The molecule has 0 fully saturated rings. The molecule has 1 aliphatic rings. The first-order chi connectivity index (χ1) is 10.6. The van der Waals surface area contributed by atoms with Crippen LogP contribution in [-0.4, -0.2) is 17.6 Å². The number of rotatable bonds is 3. The summed E-state index contributed by atoms with van der Waals surface area (Å²) in [5, 5.41) is 15.7. The smallest absolute Gasteiger partial charge is 0.224 e. The zero-order chi connectivity index (χ0) is 15.5. The zero-order valence-electron chi connectivity index (χ0n) is 12.6. The Kier molecular flexibility index (Phi) is 4.11. The van der Waals surface area contributed by atoms with Crippen LogP contribution in [0.5, 0.6) is 5.75 Å². The fraction of sp³-hybridized carbons (Fsp3) is 0.278. The second-order valence-corrected chi connectivity index (χ2v) is 5.74. The first-order valence-electron chi connectivity index (χ1n) is 7.50. The first kappa shape index (κ1) is 14.6. The number of aromatic hydroxyl groups is 1. The van der Waals surface area contributed by atoms with E-state index < -0.39 is 0 Å². The molecule has 2 aromatic rings. The highest BCUT2D eigenvalue weighted by Crippen LogP contribution is 2.24. The molecule has 1 aliphatic heterocycles. The number of hydrogen-bond acceptors (Lipinski definition) is 3. The van der Waals surface area contributed by atoms with E-state index in [4.69, 9.17) is 0 Å². The van der Waals surface area contributed by atoms with Gasteiger partial charge in [-0.2, -0.15) is 0 Å². The van der Waals surface area contributed by atoms with Gasteiger partial charge in [0.15, 0.2) is 0 Å². The molecule has 114 valence electrons. The van der Waals surface area contributed by atoms with Crippen molar-refractivity contribution in [3.63, 3.8) is 0 Å². The van der Waals surface area contributed by atoms with Crippen molar-refractivity contribution in [2.75, 3.05) is 6.54 Å². The minimum Gasteiger partial charge on any atom is -0.508 e. The van der Waals surface area contributed by atoms with Crippen LogP contribution >= 0.6 is 0 Å². The van der Waals surface area contributed by atoms with E-state index in [0.29, 0.717) is 6.42 Å². The van der Waals surface area contributed by atoms with Gasteiger partial charge < -0.3 is 15.7 Å². The average molecular weight is 296 g/mol. The molecule has 3 N–H and O–H groups in total. The van der Waals surface area contributed by atoms with Crippen molar-refractivity contribution in [3.8, 4) is 5.75 Å². The minimum absolute atomic E-state index is 0.00755. The van der Waals surface area contributed by atoms with Crippen molar-refractivity contribution in [1.82, 2.24) is 10.6 Å². The molecule has 0 bridgehead atoms. The summed E-state index contributed by atoms with van der Waals surface area (Å²) in [5.74, 6) is 0.205. The molecule has 0 saturated carbocycles. The van der Waals surface area contributed by atoms with Crippen molar-refractivity contribution in [2.45, 2.75) is 25.9 Å². The lowest BCUT2D eigenvalue weighted by atomic mass is 9.93. The molecular formula is C18H20N2O2. The van der Waals surface area contributed by atoms with Gasteiger partial charge in [0.2, 0.25) is 5.91 Å². The highest BCUT2D eigenvalue weighted by atomic mass is 16.3. The Labute approximate surface area is 130 Å². The van der Waals surface area contributed by atoms with Crippen molar-refractivity contribution in [1.29, 1.82) is 0 Å². The van der Waals surface area contributed by atoms with Crippen LogP contribution < -0.4 is 10.6 Å². The number of carbonyl (C=O) groups is 1. The summed E-state index contributed by atoms with van der Waals surface area (Å²) in [5.41, 5.74) is 4.63. The normalized spacial score (nSPS) is 16.9. The number of fused-ring (bicyclic) bond motifs is 1. The van der Waals surface area contributed by atoms with Gasteiger partial charge in [-0.05, 0) is 41.3 Å². The van der Waals surface area contributed by atoms with E-state index in [1.54, 1.807) is 24.3 Å². The Morgan fingerprint density at radius 1 is 1.27 bits per heavy atom. The number of amides is 1. The minimum atomic E-state index is -0.00755. The van der Waals surface area contributed by atoms with E-state index >= 15 is 0 Å².